The number of esters is 1. The summed E-state index contributed by atoms with van der Waals surface area (Å²) in [5, 5.41) is 8.60. The number of hydrogen-bond donors (Lipinski definition) is 1. The van der Waals surface area contributed by atoms with Crippen LogP contribution in [0.15, 0.2) is 24.3 Å². The Hall–Kier alpha value is -1.82. The quantitative estimate of drug-likeness (QED) is 0.619. The Balaban J connectivity index is 2.69. The van der Waals surface area contributed by atoms with Gasteiger partial charge in [0.1, 0.15) is 5.82 Å². The lowest BCUT2D eigenvalue weighted by atomic mass is 10.1. The Morgan fingerprint density at radius 2 is 2.20 bits per heavy atom. The molecule has 0 aliphatic heterocycles. The predicted octanol–water partition coefficient (Wildman–Crippen LogP) is 2.72. The van der Waals surface area contributed by atoms with Crippen LogP contribution < -0.4 is 0 Å². The van der Waals surface area contributed by atoms with Gasteiger partial charge in [-0.05, 0) is 36.3 Å². The maximum absolute atomic E-state index is 13.2. The number of carbonyl (C=O) groups excluding carboxylic acids is 1. The number of carboxylic acids is 1. The Morgan fingerprint density at radius 3 is 2.85 bits per heavy atom. The molecule has 0 radical (unpaired) electrons. The first-order valence-electron chi connectivity index (χ1n) is 5.95. The van der Waals surface area contributed by atoms with Crippen molar-refractivity contribution in [3.05, 3.63) is 41.2 Å². The van der Waals surface area contributed by atoms with Gasteiger partial charge in [-0.25, -0.2) is 9.18 Å². The molecule has 0 bridgehead atoms. The van der Waals surface area contributed by atoms with Crippen LogP contribution in [0.5, 0.6) is 0 Å². The lowest BCUT2D eigenvalue weighted by molar-refractivity contribution is -0.139. The summed E-state index contributed by atoms with van der Waals surface area (Å²) in [6.07, 6.45) is 2.29. The van der Waals surface area contributed by atoms with Crippen LogP contribution in [-0.2, 0) is 20.1 Å². The van der Waals surface area contributed by atoms with E-state index in [9.17, 15) is 14.0 Å². The van der Waals surface area contributed by atoms with E-state index in [1.165, 1.54) is 30.0 Å². The second-order valence-corrected chi connectivity index (χ2v) is 4.80. The summed E-state index contributed by atoms with van der Waals surface area (Å²) in [5.41, 5.74) is 1.25. The summed E-state index contributed by atoms with van der Waals surface area (Å²) in [6, 6.07) is 4.15. The van der Waals surface area contributed by atoms with Crippen molar-refractivity contribution in [3.63, 3.8) is 0 Å². The fourth-order valence-electron chi connectivity index (χ4n) is 1.46. The lowest BCUT2D eigenvalue weighted by Gasteiger charge is -2.06. The van der Waals surface area contributed by atoms with Gasteiger partial charge in [0.25, 0.3) is 0 Å². The number of hydrogen-bond acceptors (Lipinski definition) is 4. The van der Waals surface area contributed by atoms with Crippen LogP contribution in [0.25, 0.3) is 6.08 Å². The Kier molecular flexibility index (Phi) is 6.79. The number of aliphatic carboxylic acids is 1. The van der Waals surface area contributed by atoms with Crippen molar-refractivity contribution in [1.29, 1.82) is 0 Å². The van der Waals surface area contributed by atoms with Crippen molar-refractivity contribution in [2.45, 2.75) is 12.7 Å². The van der Waals surface area contributed by atoms with Gasteiger partial charge in [0.15, 0.2) is 0 Å². The molecule has 1 N–H and O–H groups in total. The van der Waals surface area contributed by atoms with Gasteiger partial charge < -0.3 is 9.84 Å². The molecule has 1 aromatic carbocycles. The van der Waals surface area contributed by atoms with E-state index < -0.39 is 11.8 Å². The van der Waals surface area contributed by atoms with Crippen molar-refractivity contribution in [2.75, 3.05) is 12.4 Å². The molecule has 0 heterocycles. The van der Waals surface area contributed by atoms with E-state index in [-0.39, 0.29) is 11.7 Å². The Labute approximate surface area is 120 Å². The third kappa shape index (κ3) is 5.88. The van der Waals surface area contributed by atoms with Crippen molar-refractivity contribution < 1.29 is 23.8 Å². The molecule has 0 aliphatic carbocycles. The highest BCUT2D eigenvalue weighted by Gasteiger charge is 2.06. The number of rotatable bonds is 7. The molecule has 0 amide bonds. The standard InChI is InChI=1S/C14H15FO4S/c1-2-19-14(18)9-20-8-11-3-5-12(15)7-10(11)4-6-13(16)17/h3-7H,2,8-9H2,1H3,(H,16,17). The van der Waals surface area contributed by atoms with Crippen molar-refractivity contribution in [2.24, 2.45) is 0 Å². The molecule has 1 rings (SSSR count). The van der Waals surface area contributed by atoms with E-state index in [0.29, 0.717) is 17.9 Å². The summed E-state index contributed by atoms with van der Waals surface area (Å²) in [7, 11) is 0. The maximum atomic E-state index is 13.2. The molecular weight excluding hydrogens is 283 g/mol. The number of benzene rings is 1. The molecule has 1 aromatic rings. The smallest absolute Gasteiger partial charge is 0.328 e. The van der Waals surface area contributed by atoms with Gasteiger partial charge in [0, 0.05) is 11.8 Å². The highest BCUT2D eigenvalue weighted by molar-refractivity contribution is 7.99. The van der Waals surface area contributed by atoms with E-state index in [1.54, 1.807) is 13.0 Å². The zero-order chi connectivity index (χ0) is 15.0. The van der Waals surface area contributed by atoms with Crippen molar-refractivity contribution in [3.8, 4) is 0 Å². The van der Waals surface area contributed by atoms with Gasteiger partial charge in [0.05, 0.1) is 12.4 Å². The molecular formula is C14H15FO4S. The van der Waals surface area contributed by atoms with E-state index >= 15 is 0 Å². The van der Waals surface area contributed by atoms with Crippen molar-refractivity contribution >= 4 is 29.8 Å². The summed E-state index contributed by atoms with van der Waals surface area (Å²) in [4.78, 5) is 21.7. The molecule has 0 saturated carbocycles. The fourth-order valence-corrected chi connectivity index (χ4v) is 2.30. The van der Waals surface area contributed by atoms with Gasteiger partial charge in [-0.2, -0.15) is 0 Å². The molecule has 0 saturated heterocycles. The van der Waals surface area contributed by atoms with Crippen LogP contribution >= 0.6 is 11.8 Å². The average molecular weight is 298 g/mol. The topological polar surface area (TPSA) is 63.6 Å². The number of carboxylic acid groups (broad SMARTS) is 1. The number of halogens is 1. The van der Waals surface area contributed by atoms with Gasteiger partial charge >= 0.3 is 11.9 Å². The maximum Gasteiger partial charge on any atom is 0.328 e. The number of thioether (sulfide) groups is 1. The van der Waals surface area contributed by atoms with E-state index in [4.69, 9.17) is 9.84 Å². The van der Waals surface area contributed by atoms with Gasteiger partial charge in [-0.1, -0.05) is 6.07 Å². The minimum atomic E-state index is -1.10. The number of ether oxygens (including phenoxy) is 1. The van der Waals surface area contributed by atoms with Crippen LogP contribution in [-0.4, -0.2) is 29.4 Å². The molecule has 0 aliphatic rings. The molecule has 0 atom stereocenters. The molecule has 0 unspecified atom stereocenters. The third-order valence-electron chi connectivity index (χ3n) is 2.30. The third-order valence-corrected chi connectivity index (χ3v) is 3.25. The zero-order valence-electron chi connectivity index (χ0n) is 11.0. The first kappa shape index (κ1) is 16.2. The van der Waals surface area contributed by atoms with E-state index in [1.807, 2.05) is 0 Å². The van der Waals surface area contributed by atoms with Crippen LogP contribution in [0.4, 0.5) is 4.39 Å². The lowest BCUT2D eigenvalue weighted by Crippen LogP contribution is -2.06. The van der Waals surface area contributed by atoms with Crippen molar-refractivity contribution in [1.82, 2.24) is 0 Å². The monoisotopic (exact) mass is 298 g/mol. The highest BCUT2D eigenvalue weighted by atomic mass is 32.2. The SMILES string of the molecule is CCOC(=O)CSCc1ccc(F)cc1C=CC(=O)O. The Bertz CT molecular complexity index is 514. The first-order valence-corrected chi connectivity index (χ1v) is 7.11. The molecule has 4 nitrogen and oxygen atoms in total. The minimum absolute atomic E-state index is 0.202. The number of carbonyl (C=O) groups is 2. The van der Waals surface area contributed by atoms with Crippen LogP contribution in [0.2, 0.25) is 0 Å². The summed E-state index contributed by atoms with van der Waals surface area (Å²) in [6.45, 7) is 2.07. The largest absolute Gasteiger partial charge is 0.478 e. The minimum Gasteiger partial charge on any atom is -0.478 e. The molecule has 108 valence electrons. The second kappa shape index (κ2) is 8.37. The van der Waals surface area contributed by atoms with E-state index in [2.05, 4.69) is 0 Å². The van der Waals surface area contributed by atoms with Gasteiger partial charge in [-0.15, -0.1) is 11.8 Å². The predicted molar refractivity (Wildman–Crippen MR) is 75.9 cm³/mol. The zero-order valence-corrected chi connectivity index (χ0v) is 11.8. The fraction of sp³-hybridized carbons (Fsp3) is 0.286. The first-order chi connectivity index (χ1) is 9.52. The molecule has 0 fully saturated rings. The molecule has 0 aromatic heterocycles. The second-order valence-electron chi connectivity index (χ2n) is 3.81. The van der Waals surface area contributed by atoms with Gasteiger partial charge in [0.2, 0.25) is 0 Å². The van der Waals surface area contributed by atoms with Crippen LogP contribution in [0.1, 0.15) is 18.1 Å². The highest BCUT2D eigenvalue weighted by Crippen LogP contribution is 2.19. The Morgan fingerprint density at radius 1 is 1.45 bits per heavy atom. The normalized spacial score (nSPS) is 10.7. The van der Waals surface area contributed by atoms with Crippen LogP contribution in [0, 0.1) is 5.82 Å². The molecule has 20 heavy (non-hydrogen) atoms. The van der Waals surface area contributed by atoms with Crippen LogP contribution in [0.3, 0.4) is 0 Å². The van der Waals surface area contributed by atoms with E-state index in [0.717, 1.165) is 11.6 Å². The molecule has 0 spiro atoms. The summed E-state index contributed by atoms with van der Waals surface area (Å²) >= 11 is 1.33. The summed E-state index contributed by atoms with van der Waals surface area (Å²) < 4.78 is 18.0. The van der Waals surface area contributed by atoms with Gasteiger partial charge in [-0.3, -0.25) is 4.79 Å². The molecule has 6 heteroatoms. The average Bonchev–Trinajstić information content (AvgIpc) is 2.38. The summed E-state index contributed by atoms with van der Waals surface area (Å²) in [5.74, 6) is -1.16.